The van der Waals surface area contributed by atoms with E-state index in [2.05, 4.69) is 36.4 Å². The molecule has 5 heavy (non-hydrogen) atoms. The van der Waals surface area contributed by atoms with Crippen LogP contribution in [0.1, 0.15) is 13.8 Å². The van der Waals surface area contributed by atoms with Crippen molar-refractivity contribution in [2.75, 3.05) is 0 Å². The van der Waals surface area contributed by atoms with Crippen LogP contribution < -0.4 is 0 Å². The molecule has 0 unspecified atom stereocenters. The molecule has 0 aliphatic rings. The van der Waals surface area contributed by atoms with Crippen molar-refractivity contribution in [3.8, 4) is 0 Å². The molecule has 0 aromatic carbocycles. The van der Waals surface area contributed by atoms with Gasteiger partial charge in [-0.2, -0.15) is 0 Å². The van der Waals surface area contributed by atoms with Gasteiger partial charge in [0.1, 0.15) is 0 Å². The van der Waals surface area contributed by atoms with Gasteiger partial charge in [0.15, 0.2) is 0 Å². The lowest BCUT2D eigenvalue weighted by Gasteiger charge is -1.76. The molecule has 34 valence electrons. The molecule has 0 aliphatic carbocycles. The second-order valence-electron chi connectivity index (χ2n) is 1.01. The van der Waals surface area contributed by atoms with Gasteiger partial charge in [0.05, 0.1) is 0 Å². The van der Waals surface area contributed by atoms with E-state index >= 15 is 0 Å². The van der Waals surface area contributed by atoms with Gasteiger partial charge in [-0.25, -0.2) is 0 Å². The molecule has 0 aromatic rings. The summed E-state index contributed by atoms with van der Waals surface area (Å²) in [5.74, 6) is 0. The van der Waals surface area contributed by atoms with Crippen LogP contribution in [0.15, 0.2) is 0 Å². The van der Waals surface area contributed by atoms with Crippen molar-refractivity contribution in [3.05, 3.63) is 0 Å². The highest BCUT2D eigenvalue weighted by atomic mass is 127. The standard InChI is InChI=1S/C3H7I.H2O/c1-3(2)4;/h3H,1-2H3;1H2. The number of halogens is 1. The third-order valence-electron chi connectivity index (χ3n) is 0. The molecule has 0 rings (SSSR count). The van der Waals surface area contributed by atoms with Gasteiger partial charge < -0.3 is 5.48 Å². The van der Waals surface area contributed by atoms with Crippen LogP contribution in [0.3, 0.4) is 0 Å². The Labute approximate surface area is 46.2 Å². The summed E-state index contributed by atoms with van der Waals surface area (Å²) < 4.78 is 0.803. The summed E-state index contributed by atoms with van der Waals surface area (Å²) in [6.45, 7) is 4.31. The quantitative estimate of drug-likeness (QED) is 0.401. The minimum atomic E-state index is 0. The molecule has 0 aromatic heterocycles. The minimum absolute atomic E-state index is 0. The maximum atomic E-state index is 2.34. The first-order chi connectivity index (χ1) is 1.73. The normalized spacial score (nSPS) is 7.20. The maximum absolute atomic E-state index is 2.34. The maximum Gasteiger partial charge on any atom is 0.00530 e. The molecule has 0 saturated carbocycles. The predicted octanol–water partition coefficient (Wildman–Crippen LogP) is 1.01. The summed E-state index contributed by atoms with van der Waals surface area (Å²) in [5, 5.41) is 0. The van der Waals surface area contributed by atoms with Gasteiger partial charge in [0, 0.05) is 3.92 Å². The molecule has 0 saturated heterocycles. The van der Waals surface area contributed by atoms with Crippen molar-refractivity contribution >= 4 is 22.6 Å². The lowest BCUT2D eigenvalue weighted by Crippen LogP contribution is -1.69. The Kier molecular flexibility index (Phi) is 8.62. The third kappa shape index (κ3) is 71.3. The van der Waals surface area contributed by atoms with Crippen LogP contribution in [0.5, 0.6) is 0 Å². The van der Waals surface area contributed by atoms with E-state index in [9.17, 15) is 0 Å². The van der Waals surface area contributed by atoms with Crippen molar-refractivity contribution in [2.45, 2.75) is 17.8 Å². The van der Waals surface area contributed by atoms with E-state index < -0.39 is 0 Å². The van der Waals surface area contributed by atoms with Crippen molar-refractivity contribution < 1.29 is 5.48 Å². The highest BCUT2D eigenvalue weighted by molar-refractivity contribution is 14.1. The Hall–Kier alpha value is 0.690. The Morgan fingerprint density at radius 1 is 1.40 bits per heavy atom. The van der Waals surface area contributed by atoms with Crippen LogP contribution in [0.4, 0.5) is 0 Å². The monoisotopic (exact) mass is 188 g/mol. The van der Waals surface area contributed by atoms with Crippen molar-refractivity contribution in [2.24, 2.45) is 0 Å². The van der Waals surface area contributed by atoms with Gasteiger partial charge >= 0.3 is 0 Å². The average Bonchev–Trinajstić information content (AvgIpc) is 0.811. The van der Waals surface area contributed by atoms with E-state index in [0.717, 1.165) is 3.92 Å². The van der Waals surface area contributed by atoms with Gasteiger partial charge in [0.2, 0.25) is 0 Å². The molecular formula is C3H9IO. The Morgan fingerprint density at radius 3 is 1.40 bits per heavy atom. The molecule has 0 bridgehead atoms. The summed E-state index contributed by atoms with van der Waals surface area (Å²) in [5.41, 5.74) is 0. The number of hydrogen-bond donors (Lipinski definition) is 0. The topological polar surface area (TPSA) is 31.5 Å². The zero-order chi connectivity index (χ0) is 3.58. The van der Waals surface area contributed by atoms with Gasteiger partial charge in [-0.05, 0) is 0 Å². The number of alkyl halides is 1. The summed E-state index contributed by atoms with van der Waals surface area (Å²) >= 11 is 2.34. The minimum Gasteiger partial charge on any atom is -0.412 e. The molecule has 2 heteroatoms. The summed E-state index contributed by atoms with van der Waals surface area (Å²) in [6.07, 6.45) is 0. The average molecular weight is 188 g/mol. The SMILES string of the molecule is CC(C)I.O. The lowest BCUT2D eigenvalue weighted by atomic mass is 10.6. The first kappa shape index (κ1) is 9.19. The van der Waals surface area contributed by atoms with E-state index in [-0.39, 0.29) is 5.48 Å². The van der Waals surface area contributed by atoms with Crippen LogP contribution in [-0.2, 0) is 0 Å². The van der Waals surface area contributed by atoms with Gasteiger partial charge in [-0.1, -0.05) is 36.4 Å². The van der Waals surface area contributed by atoms with Crippen LogP contribution in [-0.4, -0.2) is 9.40 Å². The lowest BCUT2D eigenvalue weighted by molar-refractivity contribution is 0.824. The Morgan fingerprint density at radius 2 is 1.40 bits per heavy atom. The van der Waals surface area contributed by atoms with Crippen molar-refractivity contribution in [3.63, 3.8) is 0 Å². The molecule has 0 aliphatic heterocycles. The molecule has 0 atom stereocenters. The highest BCUT2D eigenvalue weighted by Gasteiger charge is 1.70. The first-order valence-electron chi connectivity index (χ1n) is 1.37. The fourth-order valence-electron chi connectivity index (χ4n) is 0. The number of rotatable bonds is 0. The summed E-state index contributed by atoms with van der Waals surface area (Å²) in [6, 6.07) is 0. The second kappa shape index (κ2) is 4.69. The zero-order valence-corrected chi connectivity index (χ0v) is 5.61. The van der Waals surface area contributed by atoms with Crippen LogP contribution >= 0.6 is 22.6 Å². The molecule has 0 radical (unpaired) electrons. The van der Waals surface area contributed by atoms with Crippen LogP contribution in [0, 0.1) is 0 Å². The smallest absolute Gasteiger partial charge is 0.00530 e. The second-order valence-corrected chi connectivity index (χ2v) is 3.51. The molecule has 0 heterocycles. The van der Waals surface area contributed by atoms with E-state index in [0.29, 0.717) is 0 Å². The van der Waals surface area contributed by atoms with E-state index in [1.807, 2.05) is 0 Å². The molecule has 2 N–H and O–H groups in total. The third-order valence-corrected chi connectivity index (χ3v) is 0. The van der Waals surface area contributed by atoms with E-state index in [1.54, 1.807) is 0 Å². The summed E-state index contributed by atoms with van der Waals surface area (Å²) in [7, 11) is 0. The van der Waals surface area contributed by atoms with Gasteiger partial charge in [-0.15, -0.1) is 0 Å². The van der Waals surface area contributed by atoms with E-state index in [4.69, 9.17) is 0 Å². The van der Waals surface area contributed by atoms with Crippen LogP contribution in [0.25, 0.3) is 0 Å². The highest BCUT2D eigenvalue weighted by Crippen LogP contribution is 1.91. The predicted molar refractivity (Wildman–Crippen MR) is 32.8 cm³/mol. The fraction of sp³-hybridized carbons (Fsp3) is 1.00. The first-order valence-corrected chi connectivity index (χ1v) is 2.62. The Bertz CT molecular complexity index is 11.6. The molecular weight excluding hydrogens is 179 g/mol. The van der Waals surface area contributed by atoms with Crippen LogP contribution in [0.2, 0.25) is 0 Å². The molecule has 0 spiro atoms. The van der Waals surface area contributed by atoms with Crippen molar-refractivity contribution in [1.29, 1.82) is 0 Å². The molecule has 0 amide bonds. The zero-order valence-electron chi connectivity index (χ0n) is 3.46. The van der Waals surface area contributed by atoms with E-state index in [1.165, 1.54) is 0 Å². The number of hydrogen-bond acceptors (Lipinski definition) is 0. The summed E-state index contributed by atoms with van der Waals surface area (Å²) in [4.78, 5) is 0. The Balaban J connectivity index is 0. The largest absolute Gasteiger partial charge is 0.412 e. The molecule has 1 nitrogen and oxygen atoms in total. The van der Waals surface area contributed by atoms with Gasteiger partial charge in [0.25, 0.3) is 0 Å². The molecule has 0 fully saturated rings. The fourth-order valence-corrected chi connectivity index (χ4v) is 0. The van der Waals surface area contributed by atoms with Crippen molar-refractivity contribution in [1.82, 2.24) is 0 Å². The van der Waals surface area contributed by atoms with Gasteiger partial charge in [-0.3, -0.25) is 0 Å².